The van der Waals surface area contributed by atoms with E-state index in [-0.39, 0.29) is 16.4 Å². The van der Waals surface area contributed by atoms with Crippen LogP contribution in [0.1, 0.15) is 36.7 Å². The van der Waals surface area contributed by atoms with Crippen molar-refractivity contribution in [3.63, 3.8) is 0 Å². The van der Waals surface area contributed by atoms with E-state index in [0.29, 0.717) is 29.9 Å². The normalized spacial score (nSPS) is 13.6. The van der Waals surface area contributed by atoms with Crippen molar-refractivity contribution in [2.24, 2.45) is 0 Å². The number of rotatable bonds is 6. The van der Waals surface area contributed by atoms with Gasteiger partial charge in [0.1, 0.15) is 0 Å². The lowest BCUT2D eigenvalue weighted by Crippen LogP contribution is -2.35. The molecule has 0 radical (unpaired) electrons. The minimum atomic E-state index is -3.80. The minimum Gasteiger partial charge on any atom is -0.334 e. The number of fused-ring (bicyclic) bond motifs is 1. The number of hydrogen-bond donors (Lipinski definition) is 1. The van der Waals surface area contributed by atoms with E-state index in [0.717, 1.165) is 10.9 Å². The first-order valence-electron chi connectivity index (χ1n) is 10.6. The summed E-state index contributed by atoms with van der Waals surface area (Å²) in [5.41, 5.74) is 3.23. The second-order valence-corrected chi connectivity index (χ2v) is 10.8. The molecule has 1 N–H and O–H groups in total. The monoisotopic (exact) mass is 499 g/mol. The van der Waals surface area contributed by atoms with Crippen LogP contribution in [0.25, 0.3) is 0 Å². The third-order valence-corrected chi connectivity index (χ3v) is 8.63. The van der Waals surface area contributed by atoms with Crippen LogP contribution < -0.4 is 5.32 Å². The Balaban J connectivity index is 1.50. The molecule has 4 rings (SSSR count). The van der Waals surface area contributed by atoms with Crippen LogP contribution in [0.2, 0.25) is 0 Å². The predicted octanol–water partition coefficient (Wildman–Crippen LogP) is 3.69. The van der Waals surface area contributed by atoms with Crippen molar-refractivity contribution in [3.8, 4) is 0 Å². The van der Waals surface area contributed by atoms with Gasteiger partial charge in [-0.1, -0.05) is 10.5 Å². The van der Waals surface area contributed by atoms with E-state index >= 15 is 0 Å². The van der Waals surface area contributed by atoms with Crippen molar-refractivity contribution in [2.75, 3.05) is 26.0 Å². The molecule has 3 aromatic rings. The van der Waals surface area contributed by atoms with E-state index < -0.39 is 15.9 Å². The number of carbonyl (C=O) groups is 2. The molecule has 2 aromatic carbocycles. The summed E-state index contributed by atoms with van der Waals surface area (Å²) in [6.07, 6.45) is 0.847. The summed E-state index contributed by atoms with van der Waals surface area (Å²) >= 11 is 1.72. The highest BCUT2D eigenvalue weighted by molar-refractivity contribution is 7.89. The van der Waals surface area contributed by atoms with Crippen LogP contribution in [0, 0.1) is 6.92 Å². The van der Waals surface area contributed by atoms with Gasteiger partial charge in [0, 0.05) is 41.8 Å². The maximum atomic E-state index is 13.2. The van der Waals surface area contributed by atoms with E-state index in [1.165, 1.54) is 48.9 Å². The second kappa shape index (κ2) is 9.67. The number of amides is 2. The lowest BCUT2D eigenvalue weighted by atomic mass is 10.0. The van der Waals surface area contributed by atoms with Crippen LogP contribution in [0.3, 0.4) is 0 Å². The summed E-state index contributed by atoms with van der Waals surface area (Å²) in [7, 11) is -1.26. The topological polar surface area (TPSA) is 96.0 Å². The Morgan fingerprint density at radius 1 is 1.12 bits per heavy atom. The van der Waals surface area contributed by atoms with Gasteiger partial charge < -0.3 is 10.2 Å². The summed E-state index contributed by atoms with van der Waals surface area (Å²) in [5.74, 6) is -0.472. The zero-order chi connectivity index (χ0) is 24.5. The fourth-order valence-electron chi connectivity index (χ4n) is 3.81. The lowest BCUT2D eigenvalue weighted by molar-refractivity contribution is -0.0258. The van der Waals surface area contributed by atoms with Crippen molar-refractivity contribution in [1.82, 2.24) is 9.37 Å². The Bertz CT molecular complexity index is 1330. The molecule has 0 bridgehead atoms. The Morgan fingerprint density at radius 3 is 2.56 bits per heavy atom. The minimum absolute atomic E-state index is 0.00693. The first-order valence-corrected chi connectivity index (χ1v) is 12.9. The largest absolute Gasteiger partial charge is 0.334 e. The summed E-state index contributed by atoms with van der Waals surface area (Å²) in [6, 6.07) is 12.9. The molecule has 0 spiro atoms. The molecule has 178 valence electrons. The van der Waals surface area contributed by atoms with Gasteiger partial charge in [0.05, 0.1) is 12.0 Å². The van der Waals surface area contributed by atoms with Gasteiger partial charge in [-0.2, -0.15) is 0 Å². The average Bonchev–Trinajstić information content (AvgIpc) is 3.32. The Hall–Kier alpha value is -3.05. The highest BCUT2D eigenvalue weighted by Crippen LogP contribution is 2.27. The van der Waals surface area contributed by atoms with Crippen molar-refractivity contribution in [3.05, 3.63) is 81.0 Å². The zero-order valence-electron chi connectivity index (χ0n) is 19.1. The number of hydroxylamine groups is 1. The van der Waals surface area contributed by atoms with Gasteiger partial charge in [0.25, 0.3) is 21.8 Å². The van der Waals surface area contributed by atoms with Crippen molar-refractivity contribution < 1.29 is 22.8 Å². The number of thiophene rings is 1. The molecule has 1 aliphatic heterocycles. The number of benzene rings is 2. The molecule has 0 saturated heterocycles. The molecule has 10 heteroatoms. The maximum Gasteiger partial charge on any atom is 0.264 e. The van der Waals surface area contributed by atoms with Gasteiger partial charge >= 0.3 is 0 Å². The van der Waals surface area contributed by atoms with Gasteiger partial charge in [0.2, 0.25) is 0 Å². The van der Waals surface area contributed by atoms with Crippen molar-refractivity contribution in [1.29, 1.82) is 0 Å². The number of hydrogen-bond acceptors (Lipinski definition) is 6. The molecule has 0 fully saturated rings. The second-order valence-electron chi connectivity index (χ2n) is 7.90. The fraction of sp³-hybridized carbons (Fsp3) is 0.250. The molecule has 0 unspecified atom stereocenters. The molecule has 2 amide bonds. The number of nitrogens with zero attached hydrogens (tertiary/aromatic N) is 2. The molecule has 0 aliphatic carbocycles. The van der Waals surface area contributed by atoms with E-state index in [9.17, 15) is 18.0 Å². The Labute approximate surface area is 202 Å². The van der Waals surface area contributed by atoms with Crippen molar-refractivity contribution >= 4 is 38.9 Å². The number of carbonyl (C=O) groups excluding carboxylic acids is 2. The summed E-state index contributed by atoms with van der Waals surface area (Å²) in [4.78, 5) is 34.0. The maximum absolute atomic E-state index is 13.2. The van der Waals surface area contributed by atoms with Crippen LogP contribution in [0.4, 0.5) is 5.69 Å². The smallest absolute Gasteiger partial charge is 0.264 e. The van der Waals surface area contributed by atoms with Gasteiger partial charge in [-0.05, 0) is 72.3 Å². The van der Waals surface area contributed by atoms with E-state index in [1.807, 2.05) is 4.90 Å². The highest BCUT2D eigenvalue weighted by atomic mass is 32.2. The number of sulfonamides is 1. The molecule has 8 nitrogen and oxygen atoms in total. The molecule has 1 aliphatic rings. The third kappa shape index (κ3) is 4.62. The van der Waals surface area contributed by atoms with Crippen LogP contribution in [0.15, 0.2) is 58.8 Å². The van der Waals surface area contributed by atoms with Crippen LogP contribution in [-0.2, 0) is 27.8 Å². The third-order valence-electron chi connectivity index (χ3n) is 5.92. The van der Waals surface area contributed by atoms with Crippen LogP contribution >= 0.6 is 11.3 Å². The average molecular weight is 500 g/mol. The SMILES string of the molecule is CON(C)S(=O)(=O)c1ccc(C(=O)Nc2cccc(C(=O)N3CCc4sccc4C3)c2C)cc1. The van der Waals surface area contributed by atoms with Gasteiger partial charge in [0.15, 0.2) is 0 Å². The van der Waals surface area contributed by atoms with E-state index in [1.54, 1.807) is 36.5 Å². The molecule has 0 atom stereocenters. The molecule has 2 heterocycles. The zero-order valence-corrected chi connectivity index (χ0v) is 20.7. The molecular formula is C24H25N3O5S2. The molecule has 0 saturated carbocycles. The van der Waals surface area contributed by atoms with Gasteiger partial charge in [-0.3, -0.25) is 14.4 Å². The summed E-state index contributed by atoms with van der Waals surface area (Å²) < 4.78 is 25.4. The highest BCUT2D eigenvalue weighted by Gasteiger charge is 2.25. The molecular weight excluding hydrogens is 474 g/mol. The Morgan fingerprint density at radius 2 is 1.85 bits per heavy atom. The van der Waals surface area contributed by atoms with Gasteiger partial charge in [-0.25, -0.2) is 8.42 Å². The quantitative estimate of drug-likeness (QED) is 0.522. The standard InChI is InChI=1S/C24H25N3O5S2/c1-16-20(24(29)27-13-11-22-18(15-27)12-14-33-22)5-4-6-21(16)25-23(28)17-7-9-19(10-8-17)34(30,31)26(2)32-3/h4-10,12,14H,11,13,15H2,1-3H3,(H,25,28). The van der Waals surface area contributed by atoms with Crippen molar-refractivity contribution in [2.45, 2.75) is 24.8 Å². The fourth-order valence-corrected chi connectivity index (χ4v) is 5.68. The summed E-state index contributed by atoms with van der Waals surface area (Å²) in [5, 5.41) is 4.89. The molecule has 34 heavy (non-hydrogen) atoms. The molecule has 1 aromatic heterocycles. The van der Waals surface area contributed by atoms with E-state index in [4.69, 9.17) is 4.84 Å². The van der Waals surface area contributed by atoms with Crippen LogP contribution in [-0.4, -0.2) is 50.3 Å². The number of nitrogens with one attached hydrogen (secondary N) is 1. The predicted molar refractivity (Wildman–Crippen MR) is 130 cm³/mol. The van der Waals surface area contributed by atoms with E-state index in [2.05, 4.69) is 16.8 Å². The van der Waals surface area contributed by atoms with Gasteiger partial charge in [-0.15, -0.1) is 11.3 Å². The summed E-state index contributed by atoms with van der Waals surface area (Å²) in [6.45, 7) is 3.05. The first kappa shape index (κ1) is 24.1. The Kier molecular flexibility index (Phi) is 6.85. The van der Waals surface area contributed by atoms with Crippen LogP contribution in [0.5, 0.6) is 0 Å². The number of anilines is 1. The first-order chi connectivity index (χ1) is 16.2. The lowest BCUT2D eigenvalue weighted by Gasteiger charge is -2.28.